The van der Waals surface area contributed by atoms with Crippen molar-refractivity contribution in [2.45, 2.75) is 25.9 Å². The van der Waals surface area contributed by atoms with Gasteiger partial charge in [0, 0.05) is 26.1 Å². The minimum atomic E-state index is -0.107. The molecule has 1 unspecified atom stereocenters. The average molecular weight is 201 g/mol. The first-order chi connectivity index (χ1) is 6.76. The second kappa shape index (κ2) is 5.95. The molecule has 1 aliphatic heterocycles. The smallest absolute Gasteiger partial charge is 0.235 e. The van der Waals surface area contributed by atoms with E-state index in [9.17, 15) is 4.79 Å². The van der Waals surface area contributed by atoms with Crippen LogP contribution in [0.25, 0.3) is 0 Å². The number of carbonyl (C=O) groups is 1. The predicted octanol–water partition coefficient (Wildman–Crippen LogP) is -0.523. The second-order valence-corrected chi connectivity index (χ2v) is 3.52. The van der Waals surface area contributed by atoms with Gasteiger partial charge in [-0.3, -0.25) is 15.1 Å². The van der Waals surface area contributed by atoms with Gasteiger partial charge in [-0.05, 0) is 6.42 Å². The molecule has 82 valence electrons. The standard InChI is InChI=1S/C9H19N3O2/c1-2-8-7-12(5-6-14-8)4-3-9(13)11-10/h8H,2-7,10H2,1H3,(H,11,13). The summed E-state index contributed by atoms with van der Waals surface area (Å²) in [5.41, 5.74) is 2.13. The van der Waals surface area contributed by atoms with E-state index in [0.29, 0.717) is 12.5 Å². The summed E-state index contributed by atoms with van der Waals surface area (Å²) < 4.78 is 5.52. The van der Waals surface area contributed by atoms with Gasteiger partial charge >= 0.3 is 0 Å². The van der Waals surface area contributed by atoms with Gasteiger partial charge in [-0.2, -0.15) is 0 Å². The fourth-order valence-corrected chi connectivity index (χ4v) is 1.56. The number of carbonyl (C=O) groups excluding carboxylic acids is 1. The number of amides is 1. The Bertz CT molecular complexity index is 187. The molecule has 0 spiro atoms. The molecular formula is C9H19N3O2. The number of nitrogens with two attached hydrogens (primary N) is 1. The maximum Gasteiger partial charge on any atom is 0.235 e. The van der Waals surface area contributed by atoms with Crippen LogP contribution in [0.1, 0.15) is 19.8 Å². The molecule has 1 heterocycles. The average Bonchev–Trinajstić information content (AvgIpc) is 2.26. The Morgan fingerprint density at radius 1 is 1.71 bits per heavy atom. The largest absolute Gasteiger partial charge is 0.376 e. The monoisotopic (exact) mass is 201 g/mol. The van der Waals surface area contributed by atoms with Crippen LogP contribution in [0.5, 0.6) is 0 Å². The number of hydrazine groups is 1. The minimum Gasteiger partial charge on any atom is -0.376 e. The first kappa shape index (κ1) is 11.4. The molecule has 1 fully saturated rings. The Hall–Kier alpha value is -0.650. The van der Waals surface area contributed by atoms with Gasteiger partial charge in [0.15, 0.2) is 0 Å². The Kier molecular flexibility index (Phi) is 4.86. The SMILES string of the molecule is CCC1CN(CCC(=O)NN)CCO1. The summed E-state index contributed by atoms with van der Waals surface area (Å²) in [6.45, 7) is 5.48. The van der Waals surface area contributed by atoms with E-state index >= 15 is 0 Å². The maximum atomic E-state index is 10.9. The zero-order valence-corrected chi connectivity index (χ0v) is 8.66. The van der Waals surface area contributed by atoms with E-state index < -0.39 is 0 Å². The van der Waals surface area contributed by atoms with E-state index in [0.717, 1.165) is 32.7 Å². The molecule has 0 saturated carbocycles. The zero-order valence-electron chi connectivity index (χ0n) is 8.66. The highest BCUT2D eigenvalue weighted by Crippen LogP contribution is 2.08. The molecule has 1 aliphatic rings. The normalized spacial score (nSPS) is 23.4. The molecule has 0 bridgehead atoms. The van der Waals surface area contributed by atoms with E-state index in [4.69, 9.17) is 10.6 Å². The number of morpholine rings is 1. The number of hydrogen-bond acceptors (Lipinski definition) is 4. The van der Waals surface area contributed by atoms with Crippen LogP contribution in [0.3, 0.4) is 0 Å². The Morgan fingerprint density at radius 3 is 3.14 bits per heavy atom. The van der Waals surface area contributed by atoms with Gasteiger partial charge in [0.25, 0.3) is 0 Å². The lowest BCUT2D eigenvalue weighted by Gasteiger charge is -2.32. The first-order valence-corrected chi connectivity index (χ1v) is 5.09. The van der Waals surface area contributed by atoms with Gasteiger partial charge in [0.2, 0.25) is 5.91 Å². The molecule has 1 amide bonds. The lowest BCUT2D eigenvalue weighted by molar-refractivity contribution is -0.122. The molecule has 3 N–H and O–H groups in total. The van der Waals surface area contributed by atoms with Gasteiger partial charge in [-0.25, -0.2) is 5.84 Å². The van der Waals surface area contributed by atoms with Crippen LogP contribution in [-0.2, 0) is 9.53 Å². The highest BCUT2D eigenvalue weighted by molar-refractivity contribution is 5.75. The number of ether oxygens (including phenoxy) is 1. The van der Waals surface area contributed by atoms with Gasteiger partial charge in [-0.15, -0.1) is 0 Å². The molecule has 0 aliphatic carbocycles. The topological polar surface area (TPSA) is 67.6 Å². The van der Waals surface area contributed by atoms with Crippen molar-refractivity contribution >= 4 is 5.91 Å². The lowest BCUT2D eigenvalue weighted by atomic mass is 10.2. The molecule has 14 heavy (non-hydrogen) atoms. The molecule has 5 heteroatoms. The van der Waals surface area contributed by atoms with E-state index in [2.05, 4.69) is 17.2 Å². The zero-order chi connectivity index (χ0) is 10.4. The molecule has 1 atom stereocenters. The van der Waals surface area contributed by atoms with E-state index in [1.54, 1.807) is 0 Å². The fourth-order valence-electron chi connectivity index (χ4n) is 1.56. The second-order valence-electron chi connectivity index (χ2n) is 3.52. The van der Waals surface area contributed by atoms with Crippen LogP contribution in [-0.4, -0.2) is 43.2 Å². The van der Waals surface area contributed by atoms with E-state index in [-0.39, 0.29) is 5.91 Å². The third-order valence-corrected chi connectivity index (χ3v) is 2.49. The summed E-state index contributed by atoms with van der Waals surface area (Å²) >= 11 is 0. The third-order valence-electron chi connectivity index (χ3n) is 2.49. The summed E-state index contributed by atoms with van der Waals surface area (Å²) in [6.07, 6.45) is 1.82. The summed E-state index contributed by atoms with van der Waals surface area (Å²) in [5, 5.41) is 0. The number of nitrogens with zero attached hydrogens (tertiary/aromatic N) is 1. The Morgan fingerprint density at radius 2 is 2.50 bits per heavy atom. The summed E-state index contributed by atoms with van der Waals surface area (Å²) in [4.78, 5) is 13.2. The molecule has 1 saturated heterocycles. The van der Waals surface area contributed by atoms with Gasteiger partial charge in [0.1, 0.15) is 0 Å². The van der Waals surface area contributed by atoms with Crippen molar-refractivity contribution in [1.29, 1.82) is 0 Å². The van der Waals surface area contributed by atoms with Crippen molar-refractivity contribution in [3.8, 4) is 0 Å². The minimum absolute atomic E-state index is 0.107. The van der Waals surface area contributed by atoms with Crippen molar-refractivity contribution in [3.05, 3.63) is 0 Å². The fraction of sp³-hybridized carbons (Fsp3) is 0.889. The Labute approximate surface area is 84.5 Å². The first-order valence-electron chi connectivity index (χ1n) is 5.09. The van der Waals surface area contributed by atoms with Crippen LogP contribution in [0.2, 0.25) is 0 Å². The molecule has 0 aromatic heterocycles. The van der Waals surface area contributed by atoms with Crippen LogP contribution >= 0.6 is 0 Å². The Balaban J connectivity index is 2.20. The maximum absolute atomic E-state index is 10.9. The van der Waals surface area contributed by atoms with Gasteiger partial charge in [-0.1, -0.05) is 6.92 Å². The number of hydrogen-bond donors (Lipinski definition) is 2. The lowest BCUT2D eigenvalue weighted by Crippen LogP contribution is -2.44. The quantitative estimate of drug-likeness (QED) is 0.365. The molecular weight excluding hydrogens is 182 g/mol. The molecule has 0 aromatic rings. The summed E-state index contributed by atoms with van der Waals surface area (Å²) in [5.74, 6) is 4.89. The van der Waals surface area contributed by atoms with Crippen LogP contribution in [0, 0.1) is 0 Å². The van der Waals surface area contributed by atoms with Crippen LogP contribution in [0.4, 0.5) is 0 Å². The highest BCUT2D eigenvalue weighted by Gasteiger charge is 2.18. The van der Waals surface area contributed by atoms with Crippen molar-refractivity contribution < 1.29 is 9.53 Å². The number of nitrogens with one attached hydrogen (secondary N) is 1. The van der Waals surface area contributed by atoms with Gasteiger partial charge < -0.3 is 4.74 Å². The summed E-state index contributed by atoms with van der Waals surface area (Å²) in [7, 11) is 0. The van der Waals surface area contributed by atoms with Crippen LogP contribution in [0.15, 0.2) is 0 Å². The van der Waals surface area contributed by atoms with Crippen molar-refractivity contribution in [1.82, 2.24) is 10.3 Å². The van der Waals surface area contributed by atoms with Crippen molar-refractivity contribution in [2.24, 2.45) is 5.84 Å². The predicted molar refractivity (Wildman–Crippen MR) is 53.4 cm³/mol. The summed E-state index contributed by atoms with van der Waals surface area (Å²) in [6, 6.07) is 0. The van der Waals surface area contributed by atoms with Gasteiger partial charge in [0.05, 0.1) is 12.7 Å². The van der Waals surface area contributed by atoms with E-state index in [1.807, 2.05) is 0 Å². The molecule has 0 radical (unpaired) electrons. The molecule has 5 nitrogen and oxygen atoms in total. The third kappa shape index (κ3) is 3.61. The molecule has 0 aromatic carbocycles. The number of rotatable bonds is 4. The van der Waals surface area contributed by atoms with Crippen molar-refractivity contribution in [3.63, 3.8) is 0 Å². The molecule has 1 rings (SSSR count). The van der Waals surface area contributed by atoms with E-state index in [1.165, 1.54) is 0 Å². The highest BCUT2D eigenvalue weighted by atomic mass is 16.5. The van der Waals surface area contributed by atoms with Crippen LogP contribution < -0.4 is 11.3 Å². The van der Waals surface area contributed by atoms with Crippen molar-refractivity contribution in [2.75, 3.05) is 26.2 Å².